The number of nitriles is 1. The minimum Gasteiger partial charge on any atom is -0.461 e. The molecule has 1 aromatic heterocycles. The second-order valence-corrected chi connectivity index (χ2v) is 13.6. The number of hydrogen-bond donors (Lipinski definition) is 0. The first kappa shape index (κ1) is 29.2. The van der Waals surface area contributed by atoms with E-state index in [1.54, 1.807) is 6.07 Å². The zero-order valence-corrected chi connectivity index (χ0v) is 25.5. The molecule has 1 saturated carbocycles. The van der Waals surface area contributed by atoms with Gasteiger partial charge in [-0.2, -0.15) is 15.2 Å². The van der Waals surface area contributed by atoms with Crippen molar-refractivity contribution >= 4 is 22.6 Å². The highest BCUT2D eigenvalue weighted by Crippen LogP contribution is 2.58. The van der Waals surface area contributed by atoms with Crippen LogP contribution < -0.4 is 9.64 Å². The van der Waals surface area contributed by atoms with Gasteiger partial charge in [-0.1, -0.05) is 24.8 Å². The van der Waals surface area contributed by atoms with Gasteiger partial charge in [0.1, 0.15) is 24.4 Å². The molecule has 0 bridgehead atoms. The first-order valence-corrected chi connectivity index (χ1v) is 16.2. The molecule has 238 valence electrons. The molecular formula is C35H35F3N6O2. The fourth-order valence-corrected chi connectivity index (χ4v) is 8.57. The number of benzene rings is 2. The Labute approximate surface area is 265 Å². The number of fused-ring (bicyclic) bond motifs is 5. The molecule has 0 radical (unpaired) electrons. The summed E-state index contributed by atoms with van der Waals surface area (Å²) < 4.78 is 50.7. The fraction of sp³-hybridized carbons (Fsp3) is 0.486. The molecule has 46 heavy (non-hydrogen) atoms. The number of carbonyl (C=O) groups is 1. The Hall–Kier alpha value is -4.17. The zero-order chi connectivity index (χ0) is 31.7. The molecule has 1 amide bonds. The van der Waals surface area contributed by atoms with Crippen LogP contribution in [-0.2, 0) is 11.2 Å². The molecule has 2 aromatic carbocycles. The molecule has 2 aliphatic carbocycles. The van der Waals surface area contributed by atoms with Crippen LogP contribution in [0.3, 0.4) is 0 Å². The van der Waals surface area contributed by atoms with Crippen molar-refractivity contribution in [3.8, 4) is 23.2 Å². The molecule has 5 atom stereocenters. The zero-order valence-electron chi connectivity index (χ0n) is 25.5. The van der Waals surface area contributed by atoms with E-state index in [1.165, 1.54) is 28.5 Å². The number of amides is 1. The van der Waals surface area contributed by atoms with Crippen LogP contribution in [0.5, 0.6) is 6.01 Å². The van der Waals surface area contributed by atoms with Crippen LogP contribution in [0.1, 0.15) is 49.1 Å². The number of nitrogens with zero attached hydrogens (tertiary/aromatic N) is 6. The molecule has 8 nitrogen and oxygen atoms in total. The van der Waals surface area contributed by atoms with Gasteiger partial charge in [0.25, 0.3) is 5.91 Å². The van der Waals surface area contributed by atoms with Crippen LogP contribution in [0, 0.1) is 23.1 Å². The minimum atomic E-state index is -1.08. The highest BCUT2D eigenvalue weighted by molar-refractivity contribution is 5.94. The largest absolute Gasteiger partial charge is 0.461 e. The Kier molecular flexibility index (Phi) is 6.98. The van der Waals surface area contributed by atoms with E-state index in [-0.39, 0.29) is 38.7 Å². The maximum Gasteiger partial charge on any atom is 0.319 e. The average Bonchev–Trinajstić information content (AvgIpc) is 3.38. The Morgan fingerprint density at radius 2 is 2.04 bits per heavy atom. The predicted octanol–water partition coefficient (Wildman–Crippen LogP) is 5.46. The van der Waals surface area contributed by atoms with E-state index in [9.17, 15) is 18.8 Å². The summed E-state index contributed by atoms with van der Waals surface area (Å²) in [7, 11) is 0. The van der Waals surface area contributed by atoms with Crippen molar-refractivity contribution in [2.45, 2.75) is 62.2 Å². The fourth-order valence-electron chi connectivity index (χ4n) is 8.57. The first-order chi connectivity index (χ1) is 22.2. The number of halogens is 3. The summed E-state index contributed by atoms with van der Waals surface area (Å²) >= 11 is 0. The number of rotatable bonds is 7. The van der Waals surface area contributed by atoms with Crippen LogP contribution in [0.2, 0.25) is 0 Å². The van der Waals surface area contributed by atoms with Crippen molar-refractivity contribution < 1.29 is 22.7 Å². The number of anilines is 1. The number of ether oxygens (including phenoxy) is 1. The lowest BCUT2D eigenvalue weighted by Crippen LogP contribution is -2.55. The van der Waals surface area contributed by atoms with Crippen molar-refractivity contribution in [3.05, 3.63) is 59.7 Å². The third kappa shape index (κ3) is 4.80. The topological polar surface area (TPSA) is 85.6 Å². The maximum atomic E-state index is 16.1. The number of hydrogen-bond acceptors (Lipinski definition) is 7. The standard InChI is InChI=1S/C35H35F3N6O2/c1-20(36)33(45)44-11-10-42(18-23(44)6-8-39)32-29-14-30(38)28(25-5-2-4-24-26-12-21(26)13-27(24)25)15-31(29)40-34(41-32)46-19-35-7-3-9-43(35)17-22(37)16-35/h2,4-5,14-15,21-23,26H,1,3,6-7,9-13,16-19H2/t21-,22-,23+,26-,35+/m1/s1. The van der Waals surface area contributed by atoms with Crippen molar-refractivity contribution in [2.24, 2.45) is 5.92 Å². The predicted molar refractivity (Wildman–Crippen MR) is 166 cm³/mol. The summed E-state index contributed by atoms with van der Waals surface area (Å²) in [4.78, 5) is 27.4. The van der Waals surface area contributed by atoms with Gasteiger partial charge in [0.15, 0.2) is 5.83 Å². The lowest BCUT2D eigenvalue weighted by molar-refractivity contribution is -0.131. The van der Waals surface area contributed by atoms with E-state index in [0.717, 1.165) is 31.4 Å². The molecule has 0 unspecified atom stereocenters. The number of alkyl halides is 1. The molecular weight excluding hydrogens is 593 g/mol. The van der Waals surface area contributed by atoms with Crippen LogP contribution in [0.15, 0.2) is 42.7 Å². The monoisotopic (exact) mass is 628 g/mol. The summed E-state index contributed by atoms with van der Waals surface area (Å²) in [5.74, 6) is -0.692. The second kappa shape index (κ2) is 11.0. The Morgan fingerprint density at radius 3 is 2.87 bits per heavy atom. The van der Waals surface area contributed by atoms with Gasteiger partial charge in [0, 0.05) is 43.5 Å². The van der Waals surface area contributed by atoms with Gasteiger partial charge >= 0.3 is 6.01 Å². The number of carbonyl (C=O) groups excluding carboxylic acids is 1. The van der Waals surface area contributed by atoms with E-state index >= 15 is 4.39 Å². The van der Waals surface area contributed by atoms with E-state index in [2.05, 4.69) is 23.6 Å². The second-order valence-electron chi connectivity index (χ2n) is 13.6. The molecule has 11 heteroatoms. The van der Waals surface area contributed by atoms with Gasteiger partial charge in [-0.3, -0.25) is 9.69 Å². The molecule has 0 spiro atoms. The van der Waals surface area contributed by atoms with Crippen molar-refractivity contribution in [3.63, 3.8) is 0 Å². The molecule has 4 fully saturated rings. The molecule has 3 aliphatic heterocycles. The first-order valence-electron chi connectivity index (χ1n) is 16.2. The number of aromatic nitrogens is 2. The van der Waals surface area contributed by atoms with E-state index < -0.39 is 35.3 Å². The van der Waals surface area contributed by atoms with Crippen LogP contribution in [-0.4, -0.2) is 82.8 Å². The molecule has 5 aliphatic rings. The van der Waals surface area contributed by atoms with Crippen molar-refractivity contribution in [2.75, 3.05) is 44.2 Å². The van der Waals surface area contributed by atoms with Crippen LogP contribution in [0.25, 0.3) is 22.0 Å². The van der Waals surface area contributed by atoms with Crippen LogP contribution >= 0.6 is 0 Å². The third-order valence-electron chi connectivity index (χ3n) is 10.9. The Balaban J connectivity index is 1.19. The quantitative estimate of drug-likeness (QED) is 0.321. The van der Waals surface area contributed by atoms with Crippen LogP contribution in [0.4, 0.5) is 19.0 Å². The molecule has 4 heterocycles. The lowest BCUT2D eigenvalue weighted by Gasteiger charge is -2.41. The van der Waals surface area contributed by atoms with E-state index in [4.69, 9.17) is 14.7 Å². The minimum absolute atomic E-state index is 0.0236. The smallest absolute Gasteiger partial charge is 0.319 e. The summed E-state index contributed by atoms with van der Waals surface area (Å²) in [5.41, 5.74) is 3.95. The molecule has 0 N–H and O–H groups in total. The Morgan fingerprint density at radius 1 is 1.17 bits per heavy atom. The molecule has 3 aromatic rings. The molecule has 8 rings (SSSR count). The van der Waals surface area contributed by atoms with Gasteiger partial charge in [0.2, 0.25) is 0 Å². The highest BCUT2D eigenvalue weighted by atomic mass is 19.1. The average molecular weight is 629 g/mol. The van der Waals surface area contributed by atoms with Gasteiger partial charge in [0.05, 0.1) is 29.6 Å². The SMILES string of the molecule is C=C(F)C(=O)N1CCN(c2nc(OC[C@@]34CCCN3C[C@H](F)C4)nc3cc(-c4cccc5c4C[C@H]4C[C@@H]54)c(F)cc23)C[C@@H]1CC#N. The summed E-state index contributed by atoms with van der Waals surface area (Å²) in [6, 6.07) is 10.9. The van der Waals surface area contributed by atoms with Crippen molar-refractivity contribution in [1.82, 2.24) is 19.8 Å². The molecule has 3 saturated heterocycles. The number of piperazine rings is 1. The van der Waals surface area contributed by atoms with E-state index in [0.29, 0.717) is 47.1 Å². The highest BCUT2D eigenvalue weighted by Gasteiger charge is 2.49. The van der Waals surface area contributed by atoms with Gasteiger partial charge in [-0.25, -0.2) is 13.2 Å². The van der Waals surface area contributed by atoms with E-state index in [1.807, 2.05) is 17.0 Å². The van der Waals surface area contributed by atoms with Crippen molar-refractivity contribution in [1.29, 1.82) is 5.26 Å². The lowest BCUT2D eigenvalue weighted by atomic mass is 9.93. The van der Waals surface area contributed by atoms with Gasteiger partial charge in [-0.05, 0) is 72.9 Å². The van der Waals surface area contributed by atoms with Gasteiger partial charge < -0.3 is 14.5 Å². The summed E-state index contributed by atoms with van der Waals surface area (Å²) in [5, 5.41) is 9.98. The summed E-state index contributed by atoms with van der Waals surface area (Å²) in [6.07, 6.45) is 3.41. The normalized spacial score (nSPS) is 28.1. The van der Waals surface area contributed by atoms with Gasteiger partial charge in [-0.15, -0.1) is 0 Å². The third-order valence-corrected chi connectivity index (χ3v) is 10.9. The maximum absolute atomic E-state index is 16.1. The summed E-state index contributed by atoms with van der Waals surface area (Å²) in [6.45, 7) is 5.18. The Bertz CT molecular complexity index is 1810.